The van der Waals surface area contributed by atoms with Crippen molar-refractivity contribution in [1.82, 2.24) is 4.98 Å². The average molecular weight is 365 g/mol. The SMILES string of the molecule is CC(=O)Nc1nc2cc(NS(=O)(=O)c3ccccc3F)ccc2s1. The quantitative estimate of drug-likeness (QED) is 0.743. The van der Waals surface area contributed by atoms with Crippen molar-refractivity contribution in [1.29, 1.82) is 0 Å². The third-order valence-corrected chi connectivity index (χ3v) is 5.42. The van der Waals surface area contributed by atoms with Crippen LogP contribution in [0.4, 0.5) is 15.2 Å². The summed E-state index contributed by atoms with van der Waals surface area (Å²) in [6.45, 7) is 1.38. The summed E-state index contributed by atoms with van der Waals surface area (Å²) in [5.74, 6) is -1.07. The summed E-state index contributed by atoms with van der Waals surface area (Å²) in [5.41, 5.74) is 0.780. The molecule has 0 bridgehead atoms. The summed E-state index contributed by atoms with van der Waals surface area (Å²) in [6, 6.07) is 9.88. The molecule has 0 atom stereocenters. The van der Waals surface area contributed by atoms with Crippen molar-refractivity contribution in [2.45, 2.75) is 11.8 Å². The molecule has 6 nitrogen and oxygen atoms in total. The van der Waals surface area contributed by atoms with Crippen molar-refractivity contribution in [3.05, 3.63) is 48.3 Å². The summed E-state index contributed by atoms with van der Waals surface area (Å²) in [4.78, 5) is 14.8. The molecule has 124 valence electrons. The molecule has 1 heterocycles. The molecular formula is C15H12FN3O3S2. The second-order valence-electron chi connectivity index (χ2n) is 4.92. The molecule has 0 aliphatic rings. The molecule has 24 heavy (non-hydrogen) atoms. The normalized spacial score (nSPS) is 11.4. The van der Waals surface area contributed by atoms with E-state index in [2.05, 4.69) is 15.0 Å². The molecule has 0 saturated heterocycles. The predicted octanol–water partition coefficient (Wildman–Crippen LogP) is 3.19. The Balaban J connectivity index is 1.92. The zero-order valence-corrected chi connectivity index (χ0v) is 14.0. The fourth-order valence-corrected chi connectivity index (χ4v) is 4.09. The maximum absolute atomic E-state index is 13.7. The van der Waals surface area contributed by atoms with Gasteiger partial charge in [-0.1, -0.05) is 23.5 Å². The highest BCUT2D eigenvalue weighted by Gasteiger charge is 2.19. The third-order valence-electron chi connectivity index (χ3n) is 3.05. The first-order chi connectivity index (χ1) is 11.3. The van der Waals surface area contributed by atoms with Gasteiger partial charge in [-0.05, 0) is 30.3 Å². The number of rotatable bonds is 4. The summed E-state index contributed by atoms with van der Waals surface area (Å²) in [5, 5.41) is 3.00. The molecule has 9 heteroatoms. The summed E-state index contributed by atoms with van der Waals surface area (Å²) in [7, 11) is -4.04. The van der Waals surface area contributed by atoms with Crippen LogP contribution in [0.3, 0.4) is 0 Å². The number of benzene rings is 2. The molecule has 0 unspecified atom stereocenters. The van der Waals surface area contributed by atoms with Crippen LogP contribution in [-0.4, -0.2) is 19.3 Å². The number of fused-ring (bicyclic) bond motifs is 1. The largest absolute Gasteiger partial charge is 0.302 e. The maximum atomic E-state index is 13.7. The number of amides is 1. The van der Waals surface area contributed by atoms with E-state index in [0.29, 0.717) is 10.6 Å². The van der Waals surface area contributed by atoms with Crippen LogP contribution in [0.25, 0.3) is 10.2 Å². The highest BCUT2D eigenvalue weighted by molar-refractivity contribution is 7.92. The number of carbonyl (C=O) groups excluding carboxylic acids is 1. The van der Waals surface area contributed by atoms with Gasteiger partial charge in [-0.25, -0.2) is 17.8 Å². The Morgan fingerprint density at radius 2 is 1.96 bits per heavy atom. The van der Waals surface area contributed by atoms with E-state index < -0.39 is 20.7 Å². The number of aromatic nitrogens is 1. The molecule has 2 aromatic carbocycles. The van der Waals surface area contributed by atoms with Crippen molar-refractivity contribution < 1.29 is 17.6 Å². The number of anilines is 2. The van der Waals surface area contributed by atoms with E-state index >= 15 is 0 Å². The van der Waals surface area contributed by atoms with E-state index in [9.17, 15) is 17.6 Å². The average Bonchev–Trinajstić information content (AvgIpc) is 2.87. The minimum atomic E-state index is -4.04. The van der Waals surface area contributed by atoms with E-state index in [4.69, 9.17) is 0 Å². The number of thiazole rings is 1. The van der Waals surface area contributed by atoms with Crippen molar-refractivity contribution in [3.63, 3.8) is 0 Å². The van der Waals surface area contributed by atoms with Gasteiger partial charge in [-0.15, -0.1) is 0 Å². The van der Waals surface area contributed by atoms with Gasteiger partial charge in [-0.2, -0.15) is 0 Å². The fraction of sp³-hybridized carbons (Fsp3) is 0.0667. The van der Waals surface area contributed by atoms with Gasteiger partial charge >= 0.3 is 0 Å². The lowest BCUT2D eigenvalue weighted by Crippen LogP contribution is -2.14. The van der Waals surface area contributed by atoms with Crippen LogP contribution in [0.1, 0.15) is 6.92 Å². The van der Waals surface area contributed by atoms with Gasteiger partial charge in [0.2, 0.25) is 5.91 Å². The molecular weight excluding hydrogens is 353 g/mol. The zero-order valence-electron chi connectivity index (χ0n) is 12.4. The molecule has 1 amide bonds. The molecule has 0 radical (unpaired) electrons. The smallest absolute Gasteiger partial charge is 0.264 e. The van der Waals surface area contributed by atoms with E-state index in [1.807, 2.05) is 0 Å². The molecule has 2 N–H and O–H groups in total. The first kappa shape index (κ1) is 16.3. The van der Waals surface area contributed by atoms with Crippen LogP contribution in [0.15, 0.2) is 47.4 Å². The zero-order chi connectivity index (χ0) is 17.3. The first-order valence-corrected chi connectivity index (χ1v) is 9.11. The van der Waals surface area contributed by atoms with Crippen molar-refractivity contribution in [2.75, 3.05) is 10.0 Å². The molecule has 0 saturated carbocycles. The highest BCUT2D eigenvalue weighted by atomic mass is 32.2. The number of sulfonamides is 1. The van der Waals surface area contributed by atoms with E-state index in [1.54, 1.807) is 12.1 Å². The van der Waals surface area contributed by atoms with E-state index in [0.717, 1.165) is 10.8 Å². The number of halogens is 1. The third kappa shape index (κ3) is 3.36. The van der Waals surface area contributed by atoms with Crippen LogP contribution < -0.4 is 10.0 Å². The standard InChI is InChI=1S/C15H12FN3O3S2/c1-9(20)17-15-18-12-8-10(6-7-13(12)23-15)19-24(21,22)14-5-3-2-4-11(14)16/h2-8,19H,1H3,(H,17,18,20). The predicted molar refractivity (Wildman–Crippen MR) is 91.1 cm³/mol. The Morgan fingerprint density at radius 1 is 1.21 bits per heavy atom. The van der Waals surface area contributed by atoms with E-state index in [-0.39, 0.29) is 11.6 Å². The molecule has 0 fully saturated rings. The summed E-state index contributed by atoms with van der Waals surface area (Å²) < 4.78 is 41.4. The monoisotopic (exact) mass is 365 g/mol. The maximum Gasteiger partial charge on any atom is 0.264 e. The van der Waals surface area contributed by atoms with Crippen molar-refractivity contribution in [3.8, 4) is 0 Å². The highest BCUT2D eigenvalue weighted by Crippen LogP contribution is 2.29. The van der Waals surface area contributed by atoms with Gasteiger partial charge in [0.05, 0.1) is 15.9 Å². The lowest BCUT2D eigenvalue weighted by molar-refractivity contribution is -0.114. The lowest BCUT2D eigenvalue weighted by atomic mass is 10.3. The van der Waals surface area contributed by atoms with Gasteiger partial charge in [-0.3, -0.25) is 9.52 Å². The molecule has 0 aliphatic carbocycles. The van der Waals surface area contributed by atoms with Crippen molar-refractivity contribution in [2.24, 2.45) is 0 Å². The lowest BCUT2D eigenvalue weighted by Gasteiger charge is -2.08. The Morgan fingerprint density at radius 3 is 2.67 bits per heavy atom. The van der Waals surface area contributed by atoms with Gasteiger partial charge in [0, 0.05) is 6.92 Å². The summed E-state index contributed by atoms with van der Waals surface area (Å²) >= 11 is 1.27. The van der Waals surface area contributed by atoms with Crippen LogP contribution in [0.2, 0.25) is 0 Å². The van der Waals surface area contributed by atoms with Crippen LogP contribution >= 0.6 is 11.3 Å². The van der Waals surface area contributed by atoms with Crippen LogP contribution in [-0.2, 0) is 14.8 Å². The minimum absolute atomic E-state index is 0.241. The number of hydrogen-bond donors (Lipinski definition) is 2. The topological polar surface area (TPSA) is 88.2 Å². The van der Waals surface area contributed by atoms with Gasteiger partial charge < -0.3 is 5.32 Å². The van der Waals surface area contributed by atoms with Gasteiger partial charge in [0.1, 0.15) is 10.7 Å². The molecule has 3 aromatic rings. The second kappa shape index (κ2) is 6.17. The Labute approximate surface area is 141 Å². The van der Waals surface area contributed by atoms with Gasteiger partial charge in [0.15, 0.2) is 5.13 Å². The fourth-order valence-electron chi connectivity index (χ4n) is 2.07. The van der Waals surface area contributed by atoms with E-state index in [1.165, 1.54) is 42.5 Å². The molecule has 1 aromatic heterocycles. The Kier molecular flexibility index (Phi) is 4.20. The Bertz CT molecular complexity index is 1030. The number of carbonyl (C=O) groups is 1. The summed E-state index contributed by atoms with van der Waals surface area (Å²) in [6.07, 6.45) is 0. The number of hydrogen-bond acceptors (Lipinski definition) is 5. The molecule has 3 rings (SSSR count). The first-order valence-electron chi connectivity index (χ1n) is 6.81. The van der Waals surface area contributed by atoms with Gasteiger partial charge in [0.25, 0.3) is 10.0 Å². The van der Waals surface area contributed by atoms with Crippen LogP contribution in [0, 0.1) is 5.82 Å². The molecule has 0 aliphatic heterocycles. The minimum Gasteiger partial charge on any atom is -0.302 e. The van der Waals surface area contributed by atoms with Crippen molar-refractivity contribution >= 4 is 48.3 Å². The Hall–Kier alpha value is -2.52. The van der Waals surface area contributed by atoms with Crippen LogP contribution in [0.5, 0.6) is 0 Å². The second-order valence-corrected chi connectivity index (χ2v) is 7.60. The number of nitrogens with zero attached hydrogens (tertiary/aromatic N) is 1. The number of nitrogens with one attached hydrogen (secondary N) is 2. The molecule has 0 spiro atoms.